The Bertz CT molecular complexity index is 111. The first-order valence-electron chi connectivity index (χ1n) is 2.64. The lowest BCUT2D eigenvalue weighted by Gasteiger charge is -1.89. The molecule has 0 spiro atoms. The second kappa shape index (κ2) is 1.92. The van der Waals surface area contributed by atoms with E-state index in [0.717, 1.165) is 0 Å². The summed E-state index contributed by atoms with van der Waals surface area (Å²) in [6.07, 6.45) is 6.69. The summed E-state index contributed by atoms with van der Waals surface area (Å²) < 4.78 is 0. The first-order valence-corrected chi connectivity index (χ1v) is 2.64. The Morgan fingerprint density at radius 1 is 1.57 bits per heavy atom. The maximum atomic E-state index is 3.12. The Kier molecular flexibility index (Phi) is 1.25. The van der Waals surface area contributed by atoms with Crippen LogP contribution < -0.4 is 4.99 Å². The minimum atomic E-state index is 1.18. The third-order valence-electron chi connectivity index (χ3n) is 1.09. The van der Waals surface area contributed by atoms with E-state index in [-0.39, 0.29) is 0 Å². The molecule has 0 atom stereocenters. The predicted octanol–water partition coefficient (Wildman–Crippen LogP) is -0.165. The maximum absolute atomic E-state index is 3.12. The third kappa shape index (κ3) is 1.15. The lowest BCUT2D eigenvalue weighted by molar-refractivity contribution is -0.394. The highest BCUT2D eigenvalue weighted by atomic mass is 14.7. The monoisotopic (exact) mass is 96.1 g/mol. The number of rotatable bonds is 0. The van der Waals surface area contributed by atoms with Gasteiger partial charge in [0.1, 0.15) is 6.21 Å². The number of nitrogens with one attached hydrogen (secondary N) is 1. The van der Waals surface area contributed by atoms with Crippen molar-refractivity contribution in [3.8, 4) is 0 Å². The molecule has 1 aliphatic rings. The number of allylic oxidation sites excluding steroid dienone is 2. The van der Waals surface area contributed by atoms with Crippen LogP contribution in [0.15, 0.2) is 11.8 Å². The van der Waals surface area contributed by atoms with E-state index in [2.05, 4.69) is 24.2 Å². The molecule has 38 valence electrons. The summed E-state index contributed by atoms with van der Waals surface area (Å²) in [6.45, 7) is 2.08. The highest BCUT2D eigenvalue weighted by molar-refractivity contribution is 5.51. The van der Waals surface area contributed by atoms with E-state index in [9.17, 15) is 0 Å². The molecule has 1 rings (SSSR count). The molecule has 0 aromatic rings. The van der Waals surface area contributed by atoms with Gasteiger partial charge >= 0.3 is 0 Å². The first-order chi connectivity index (χ1) is 3.39. The minimum Gasteiger partial charge on any atom is -0.219 e. The van der Waals surface area contributed by atoms with Crippen LogP contribution in [0.1, 0.15) is 19.8 Å². The van der Waals surface area contributed by atoms with Crippen molar-refractivity contribution in [1.29, 1.82) is 0 Å². The van der Waals surface area contributed by atoms with Crippen LogP contribution in [0.2, 0.25) is 0 Å². The molecule has 7 heavy (non-hydrogen) atoms. The molecule has 0 unspecified atom stereocenters. The van der Waals surface area contributed by atoms with Gasteiger partial charge in [-0.3, -0.25) is 0 Å². The minimum absolute atomic E-state index is 1.18. The summed E-state index contributed by atoms with van der Waals surface area (Å²) >= 11 is 0. The Morgan fingerprint density at radius 2 is 2.43 bits per heavy atom. The summed E-state index contributed by atoms with van der Waals surface area (Å²) in [6, 6.07) is 0. The summed E-state index contributed by atoms with van der Waals surface area (Å²) in [7, 11) is 0. The van der Waals surface area contributed by atoms with Gasteiger partial charge in [0.15, 0.2) is 5.70 Å². The standard InChI is InChI=1S/C6H9N/c1-6-4-2-3-5-7-6/h4-5H,2-3H2,1H3/p+1. The third-order valence-corrected chi connectivity index (χ3v) is 1.09. The SMILES string of the molecule is CC1=CCCC=[NH+]1. The molecule has 1 heteroatoms. The molecule has 0 aromatic heterocycles. The van der Waals surface area contributed by atoms with E-state index in [4.69, 9.17) is 0 Å². The van der Waals surface area contributed by atoms with Gasteiger partial charge in [-0.05, 0) is 12.5 Å². The lowest BCUT2D eigenvalue weighted by Crippen LogP contribution is -2.66. The second-order valence-corrected chi connectivity index (χ2v) is 1.81. The van der Waals surface area contributed by atoms with Crippen LogP contribution in [0.25, 0.3) is 0 Å². The van der Waals surface area contributed by atoms with E-state index < -0.39 is 0 Å². The molecule has 1 aliphatic heterocycles. The molecule has 0 aromatic carbocycles. The van der Waals surface area contributed by atoms with E-state index in [1.54, 1.807) is 0 Å². The molecule has 0 aliphatic carbocycles. The largest absolute Gasteiger partial charge is 0.219 e. The van der Waals surface area contributed by atoms with E-state index >= 15 is 0 Å². The fourth-order valence-electron chi connectivity index (χ4n) is 0.675. The van der Waals surface area contributed by atoms with Crippen LogP contribution in [-0.4, -0.2) is 6.21 Å². The van der Waals surface area contributed by atoms with Crippen LogP contribution in [0.5, 0.6) is 0 Å². The van der Waals surface area contributed by atoms with Gasteiger partial charge in [-0.25, -0.2) is 4.99 Å². The van der Waals surface area contributed by atoms with Crippen molar-refractivity contribution in [2.45, 2.75) is 19.8 Å². The molecule has 0 radical (unpaired) electrons. The summed E-state index contributed by atoms with van der Waals surface area (Å²) in [5.74, 6) is 0. The zero-order valence-electron chi connectivity index (χ0n) is 4.57. The van der Waals surface area contributed by atoms with E-state index in [0.29, 0.717) is 0 Å². The van der Waals surface area contributed by atoms with Gasteiger partial charge in [-0.2, -0.15) is 0 Å². The Labute approximate surface area is 43.8 Å². The van der Waals surface area contributed by atoms with Crippen LogP contribution in [-0.2, 0) is 0 Å². The van der Waals surface area contributed by atoms with Gasteiger partial charge < -0.3 is 0 Å². The quantitative estimate of drug-likeness (QED) is 0.430. The van der Waals surface area contributed by atoms with Crippen molar-refractivity contribution in [2.24, 2.45) is 0 Å². The molecule has 1 N–H and O–H groups in total. The van der Waals surface area contributed by atoms with Gasteiger partial charge in [0.05, 0.1) is 0 Å². The molecular weight excluding hydrogens is 86.1 g/mol. The fraction of sp³-hybridized carbons (Fsp3) is 0.500. The molecule has 1 nitrogen and oxygen atoms in total. The van der Waals surface area contributed by atoms with Crippen molar-refractivity contribution < 1.29 is 4.99 Å². The summed E-state index contributed by atoms with van der Waals surface area (Å²) in [5, 5.41) is 0. The molecule has 0 fully saturated rings. The van der Waals surface area contributed by atoms with Crippen molar-refractivity contribution in [2.75, 3.05) is 0 Å². The van der Waals surface area contributed by atoms with Gasteiger partial charge in [0.2, 0.25) is 0 Å². The van der Waals surface area contributed by atoms with Gasteiger partial charge in [-0.15, -0.1) is 0 Å². The zero-order valence-corrected chi connectivity index (χ0v) is 4.57. The first kappa shape index (κ1) is 4.57. The summed E-state index contributed by atoms with van der Waals surface area (Å²) in [5.41, 5.74) is 1.28. The van der Waals surface area contributed by atoms with Crippen LogP contribution in [0.3, 0.4) is 0 Å². The molecule has 0 bridgehead atoms. The number of hydrogen-bond acceptors (Lipinski definition) is 0. The maximum Gasteiger partial charge on any atom is 0.172 e. The Balaban J connectivity index is 2.58. The smallest absolute Gasteiger partial charge is 0.172 e. The van der Waals surface area contributed by atoms with Gasteiger partial charge in [0.25, 0.3) is 0 Å². The van der Waals surface area contributed by atoms with Gasteiger partial charge in [0, 0.05) is 13.3 Å². The van der Waals surface area contributed by atoms with Crippen molar-refractivity contribution in [1.82, 2.24) is 0 Å². The normalized spacial score (nSPS) is 19.3. The van der Waals surface area contributed by atoms with Crippen molar-refractivity contribution in [3.63, 3.8) is 0 Å². The average Bonchev–Trinajstić information content (AvgIpc) is 1.69. The van der Waals surface area contributed by atoms with Gasteiger partial charge in [-0.1, -0.05) is 0 Å². The highest BCUT2D eigenvalue weighted by Gasteiger charge is 1.94. The van der Waals surface area contributed by atoms with Crippen LogP contribution >= 0.6 is 0 Å². The highest BCUT2D eigenvalue weighted by Crippen LogP contribution is 1.90. The predicted molar refractivity (Wildman–Crippen MR) is 30.0 cm³/mol. The van der Waals surface area contributed by atoms with Crippen LogP contribution in [0, 0.1) is 0 Å². The average molecular weight is 96.2 g/mol. The number of hydrogen-bond donors (Lipinski definition) is 1. The molecule has 1 heterocycles. The molecule has 0 saturated carbocycles. The fourth-order valence-corrected chi connectivity index (χ4v) is 0.675. The molecule has 0 saturated heterocycles. The summed E-state index contributed by atoms with van der Waals surface area (Å²) in [4.78, 5) is 3.12. The molecular formula is C6H10N+. The zero-order chi connectivity index (χ0) is 5.11. The lowest BCUT2D eigenvalue weighted by atomic mass is 10.2. The Morgan fingerprint density at radius 3 is 2.71 bits per heavy atom. The van der Waals surface area contributed by atoms with E-state index in [1.165, 1.54) is 18.5 Å². The van der Waals surface area contributed by atoms with E-state index in [1.807, 2.05) is 0 Å². The topological polar surface area (TPSA) is 14.0 Å². The molecule has 0 amide bonds. The van der Waals surface area contributed by atoms with Crippen LogP contribution in [0.4, 0.5) is 0 Å². The van der Waals surface area contributed by atoms with Crippen molar-refractivity contribution in [3.05, 3.63) is 11.8 Å². The van der Waals surface area contributed by atoms with Crippen molar-refractivity contribution >= 4 is 6.21 Å². The second-order valence-electron chi connectivity index (χ2n) is 1.81. The Hall–Kier alpha value is -0.590.